The number of aromatic nitrogens is 4. The number of aryl methyl sites for hydroxylation is 2. The summed E-state index contributed by atoms with van der Waals surface area (Å²) in [5.41, 5.74) is 2.65. The number of piperidine rings is 1. The van der Waals surface area contributed by atoms with Crippen LogP contribution in [0.15, 0.2) is 18.5 Å². The number of carbonyl (C=O) groups is 1. The molecule has 1 saturated heterocycles. The van der Waals surface area contributed by atoms with Crippen LogP contribution in [0, 0.1) is 13.8 Å². The zero-order valence-electron chi connectivity index (χ0n) is 15.4. The van der Waals surface area contributed by atoms with Crippen LogP contribution in [0.4, 0.5) is 11.8 Å². The van der Waals surface area contributed by atoms with Crippen LogP contribution >= 0.6 is 0 Å². The molecule has 138 valence electrons. The van der Waals surface area contributed by atoms with E-state index in [-0.39, 0.29) is 18.4 Å². The summed E-state index contributed by atoms with van der Waals surface area (Å²) in [6, 6.07) is 1.92. The van der Waals surface area contributed by atoms with Gasteiger partial charge >= 0.3 is 0 Å². The molecule has 1 aliphatic rings. The second-order valence-electron chi connectivity index (χ2n) is 6.54. The van der Waals surface area contributed by atoms with E-state index in [1.54, 1.807) is 12.4 Å². The Morgan fingerprint density at radius 1 is 1.27 bits per heavy atom. The maximum absolute atomic E-state index is 12.1. The van der Waals surface area contributed by atoms with E-state index in [1.165, 1.54) is 7.11 Å². The Morgan fingerprint density at radius 2 is 2.04 bits per heavy atom. The van der Waals surface area contributed by atoms with Gasteiger partial charge in [-0.15, -0.1) is 0 Å². The highest BCUT2D eigenvalue weighted by atomic mass is 16.5. The lowest BCUT2D eigenvalue weighted by Gasteiger charge is -2.32. The molecule has 1 N–H and O–H groups in total. The van der Waals surface area contributed by atoms with Crippen molar-refractivity contribution in [2.45, 2.75) is 32.6 Å². The molecule has 26 heavy (non-hydrogen) atoms. The standard InChI is InChI=1S/C18H24N6O2/c1-12-7-13(2)21-18(20-12)23-16-9-19-8-15(22-16)14-5-4-6-24(10-14)17(25)11-26-3/h7-9,14H,4-6,10-11H2,1-3H3,(H,20,21,22,23)/t14-/m0/s1. The Balaban J connectivity index is 1.73. The maximum Gasteiger partial charge on any atom is 0.248 e. The van der Waals surface area contributed by atoms with Crippen LogP contribution in [0.2, 0.25) is 0 Å². The minimum atomic E-state index is 0.0167. The number of nitrogens with one attached hydrogen (secondary N) is 1. The minimum Gasteiger partial charge on any atom is -0.375 e. The van der Waals surface area contributed by atoms with Crippen LogP contribution in [0.25, 0.3) is 0 Å². The Bertz CT molecular complexity index is 762. The predicted molar refractivity (Wildman–Crippen MR) is 97.3 cm³/mol. The molecule has 0 radical (unpaired) electrons. The van der Waals surface area contributed by atoms with Crippen LogP contribution in [0.1, 0.15) is 35.8 Å². The third-order valence-corrected chi connectivity index (χ3v) is 4.34. The summed E-state index contributed by atoms with van der Waals surface area (Å²) in [5, 5.41) is 3.12. The normalized spacial score (nSPS) is 17.2. The molecule has 2 aromatic rings. The number of methoxy groups -OCH3 is 1. The van der Waals surface area contributed by atoms with Crippen LogP contribution in [0.5, 0.6) is 0 Å². The molecule has 1 atom stereocenters. The van der Waals surface area contributed by atoms with Gasteiger partial charge in [-0.1, -0.05) is 0 Å². The topological polar surface area (TPSA) is 93.1 Å². The zero-order valence-corrected chi connectivity index (χ0v) is 15.4. The van der Waals surface area contributed by atoms with Crippen molar-refractivity contribution in [2.24, 2.45) is 0 Å². The highest BCUT2D eigenvalue weighted by Gasteiger charge is 2.25. The van der Waals surface area contributed by atoms with E-state index in [2.05, 4.69) is 25.3 Å². The van der Waals surface area contributed by atoms with Crippen LogP contribution in [0.3, 0.4) is 0 Å². The van der Waals surface area contributed by atoms with Gasteiger partial charge in [0.25, 0.3) is 0 Å². The fourth-order valence-corrected chi connectivity index (χ4v) is 3.19. The molecular formula is C18H24N6O2. The van der Waals surface area contributed by atoms with Gasteiger partial charge < -0.3 is 15.0 Å². The molecule has 1 aliphatic heterocycles. The number of rotatable bonds is 5. The van der Waals surface area contributed by atoms with Crippen molar-refractivity contribution in [2.75, 3.05) is 32.1 Å². The van der Waals surface area contributed by atoms with Crippen molar-refractivity contribution in [1.29, 1.82) is 0 Å². The molecule has 8 heteroatoms. The Morgan fingerprint density at radius 3 is 2.77 bits per heavy atom. The Hall–Kier alpha value is -2.61. The van der Waals surface area contributed by atoms with E-state index in [0.717, 1.165) is 36.5 Å². The molecule has 1 amide bonds. The molecule has 3 rings (SSSR count). The molecule has 0 aliphatic carbocycles. The van der Waals surface area contributed by atoms with E-state index in [4.69, 9.17) is 4.74 Å². The second kappa shape index (κ2) is 8.18. The number of anilines is 2. The average Bonchev–Trinajstić information content (AvgIpc) is 2.61. The first-order valence-corrected chi connectivity index (χ1v) is 8.73. The lowest BCUT2D eigenvalue weighted by atomic mass is 9.95. The van der Waals surface area contributed by atoms with Gasteiger partial charge in [-0.05, 0) is 32.8 Å². The van der Waals surface area contributed by atoms with Crippen molar-refractivity contribution >= 4 is 17.7 Å². The van der Waals surface area contributed by atoms with E-state index >= 15 is 0 Å². The lowest BCUT2D eigenvalue weighted by Crippen LogP contribution is -2.41. The average molecular weight is 356 g/mol. The van der Waals surface area contributed by atoms with Gasteiger partial charge in [-0.3, -0.25) is 9.78 Å². The molecule has 2 aromatic heterocycles. The molecule has 8 nitrogen and oxygen atoms in total. The van der Waals surface area contributed by atoms with Gasteiger partial charge in [-0.25, -0.2) is 15.0 Å². The summed E-state index contributed by atoms with van der Waals surface area (Å²) in [4.78, 5) is 31.6. The molecule has 3 heterocycles. The fourth-order valence-electron chi connectivity index (χ4n) is 3.19. The third kappa shape index (κ3) is 4.51. The van der Waals surface area contributed by atoms with Crippen molar-refractivity contribution < 1.29 is 9.53 Å². The van der Waals surface area contributed by atoms with Crippen LogP contribution in [-0.4, -0.2) is 57.5 Å². The number of nitrogens with zero attached hydrogens (tertiary/aromatic N) is 5. The van der Waals surface area contributed by atoms with E-state index in [0.29, 0.717) is 18.3 Å². The van der Waals surface area contributed by atoms with Gasteiger partial charge in [0.2, 0.25) is 11.9 Å². The number of ether oxygens (including phenoxy) is 1. The van der Waals surface area contributed by atoms with Crippen molar-refractivity contribution in [3.8, 4) is 0 Å². The Kier molecular flexibility index (Phi) is 5.72. The molecule has 0 bridgehead atoms. The molecule has 0 spiro atoms. The molecule has 0 unspecified atom stereocenters. The minimum absolute atomic E-state index is 0.0167. The zero-order chi connectivity index (χ0) is 18.5. The number of hydrogen-bond acceptors (Lipinski definition) is 7. The van der Waals surface area contributed by atoms with E-state index in [1.807, 2.05) is 24.8 Å². The molecule has 0 aromatic carbocycles. The Labute approximate surface area is 153 Å². The van der Waals surface area contributed by atoms with Gasteiger partial charge in [0.15, 0.2) is 5.82 Å². The van der Waals surface area contributed by atoms with E-state index in [9.17, 15) is 4.79 Å². The van der Waals surface area contributed by atoms with Crippen molar-refractivity contribution in [3.05, 3.63) is 35.5 Å². The fraction of sp³-hybridized carbons (Fsp3) is 0.500. The number of amides is 1. The smallest absolute Gasteiger partial charge is 0.248 e. The monoisotopic (exact) mass is 356 g/mol. The van der Waals surface area contributed by atoms with Crippen molar-refractivity contribution in [3.63, 3.8) is 0 Å². The highest BCUT2D eigenvalue weighted by molar-refractivity contribution is 5.77. The largest absolute Gasteiger partial charge is 0.375 e. The lowest BCUT2D eigenvalue weighted by molar-refractivity contribution is -0.136. The molecule has 0 saturated carbocycles. The maximum atomic E-state index is 12.1. The van der Waals surface area contributed by atoms with Crippen LogP contribution < -0.4 is 5.32 Å². The first kappa shape index (κ1) is 18.2. The van der Waals surface area contributed by atoms with Gasteiger partial charge in [0.05, 0.1) is 11.9 Å². The quantitative estimate of drug-likeness (QED) is 0.875. The van der Waals surface area contributed by atoms with Gasteiger partial charge in [-0.2, -0.15) is 0 Å². The van der Waals surface area contributed by atoms with E-state index < -0.39 is 0 Å². The number of hydrogen-bond donors (Lipinski definition) is 1. The van der Waals surface area contributed by atoms with Gasteiger partial charge in [0, 0.05) is 43.7 Å². The predicted octanol–water partition coefficient (Wildman–Crippen LogP) is 1.98. The van der Waals surface area contributed by atoms with Crippen LogP contribution in [-0.2, 0) is 9.53 Å². The summed E-state index contributed by atoms with van der Waals surface area (Å²) in [6.07, 6.45) is 5.35. The second-order valence-corrected chi connectivity index (χ2v) is 6.54. The van der Waals surface area contributed by atoms with Gasteiger partial charge in [0.1, 0.15) is 6.61 Å². The summed E-state index contributed by atoms with van der Waals surface area (Å²) in [7, 11) is 1.54. The molecular weight excluding hydrogens is 332 g/mol. The summed E-state index contributed by atoms with van der Waals surface area (Å²) < 4.78 is 4.96. The third-order valence-electron chi connectivity index (χ3n) is 4.34. The highest BCUT2D eigenvalue weighted by Crippen LogP contribution is 2.26. The summed E-state index contributed by atoms with van der Waals surface area (Å²) in [5.74, 6) is 1.30. The first-order chi connectivity index (χ1) is 12.5. The summed E-state index contributed by atoms with van der Waals surface area (Å²) in [6.45, 7) is 5.37. The number of carbonyl (C=O) groups excluding carboxylic acids is 1. The summed E-state index contributed by atoms with van der Waals surface area (Å²) >= 11 is 0. The van der Waals surface area contributed by atoms with Crippen molar-refractivity contribution in [1.82, 2.24) is 24.8 Å². The molecule has 1 fully saturated rings. The first-order valence-electron chi connectivity index (χ1n) is 8.73. The SMILES string of the molecule is COCC(=O)N1CCC[C@H](c2cncc(Nc3nc(C)cc(C)n3)n2)C1. The number of likely N-dealkylation sites (tertiary alicyclic amines) is 1.